The van der Waals surface area contributed by atoms with Gasteiger partial charge in [0.25, 0.3) is 0 Å². The fourth-order valence-corrected chi connectivity index (χ4v) is 7.49. The number of rotatable bonds is 4. The van der Waals surface area contributed by atoms with Crippen LogP contribution in [0.4, 0.5) is 23.1 Å². The Morgan fingerprint density at radius 1 is 1.00 bits per heavy atom. The molecule has 2 atom stereocenters. The number of nitrogens with one attached hydrogen (secondary N) is 3. The van der Waals surface area contributed by atoms with Crippen molar-refractivity contribution in [1.29, 1.82) is 0 Å². The summed E-state index contributed by atoms with van der Waals surface area (Å²) in [5.74, 6) is 1.43. The van der Waals surface area contributed by atoms with Gasteiger partial charge >= 0.3 is 0 Å². The second-order valence-electron chi connectivity index (χ2n) is 11.6. The summed E-state index contributed by atoms with van der Waals surface area (Å²) in [6.07, 6.45) is 12.1. The highest BCUT2D eigenvalue weighted by molar-refractivity contribution is 5.89. The van der Waals surface area contributed by atoms with Crippen LogP contribution in [0.5, 0.6) is 0 Å². The number of pyridine rings is 1. The van der Waals surface area contributed by atoms with Crippen LogP contribution in [0, 0.1) is 5.41 Å². The third-order valence-electron chi connectivity index (χ3n) is 9.54. The predicted octanol–water partition coefficient (Wildman–Crippen LogP) is 2.87. The number of nitrogens with zero attached hydrogens (tertiary/aromatic N) is 5. The second-order valence-corrected chi connectivity index (χ2v) is 11.6. The highest BCUT2D eigenvalue weighted by Crippen LogP contribution is 2.54. The summed E-state index contributed by atoms with van der Waals surface area (Å²) in [5.41, 5.74) is 3.10. The van der Waals surface area contributed by atoms with Crippen LogP contribution in [0.2, 0.25) is 0 Å². The molecule has 10 heteroatoms. The van der Waals surface area contributed by atoms with Gasteiger partial charge in [0.05, 0.1) is 42.7 Å². The molecule has 3 N–H and O–H groups in total. The van der Waals surface area contributed by atoms with Crippen LogP contribution in [-0.4, -0.2) is 83.8 Å². The molecule has 1 saturated carbocycles. The maximum absolute atomic E-state index is 12.7. The van der Waals surface area contributed by atoms with Crippen LogP contribution >= 0.6 is 0 Å². The number of ether oxygens (including phenoxy) is 1. The minimum atomic E-state index is -0.258. The SMILES string of the molecule is O=C1NCC2(CCCCC2)C2c3nc(Nc4ccc(N5CCC(N6CCOCC6)CC5)cn4)ncc3NC12. The maximum Gasteiger partial charge on any atom is 0.243 e. The Morgan fingerprint density at radius 3 is 2.58 bits per heavy atom. The number of hydrogen-bond donors (Lipinski definition) is 3. The van der Waals surface area contributed by atoms with E-state index in [0.29, 0.717) is 12.0 Å². The zero-order chi connectivity index (χ0) is 25.5. The molecular weight excluding hydrogens is 480 g/mol. The quantitative estimate of drug-likeness (QED) is 0.563. The summed E-state index contributed by atoms with van der Waals surface area (Å²) in [7, 11) is 0. The smallest absolute Gasteiger partial charge is 0.243 e. The molecule has 10 nitrogen and oxygen atoms in total. The minimum absolute atomic E-state index is 0.0740. The lowest BCUT2D eigenvalue weighted by Gasteiger charge is -2.47. The zero-order valence-corrected chi connectivity index (χ0v) is 22.0. The monoisotopic (exact) mass is 518 g/mol. The molecule has 2 aromatic heterocycles. The van der Waals surface area contributed by atoms with Crippen molar-refractivity contribution in [3.63, 3.8) is 0 Å². The van der Waals surface area contributed by atoms with Gasteiger partial charge in [0.15, 0.2) is 0 Å². The standard InChI is InChI=1S/C28H38N8O2/c37-26-25-23(28(18-31-26)8-2-1-3-9-28)24-21(32-25)17-30-27(34-24)33-22-5-4-20(16-29-22)35-10-6-19(7-11-35)36-12-14-38-15-13-36/h4-5,16-17,19,23,25,32H,1-3,6-15,18H2,(H,31,37)(H,29,30,33,34). The Hall–Kier alpha value is -2.98. The molecule has 4 fully saturated rings. The normalized spacial score (nSPS) is 27.4. The van der Waals surface area contributed by atoms with Crippen molar-refractivity contribution in [3.8, 4) is 0 Å². The number of morpholine rings is 1. The molecule has 1 aliphatic carbocycles. The molecule has 38 heavy (non-hydrogen) atoms. The summed E-state index contributed by atoms with van der Waals surface area (Å²) in [5, 5.41) is 9.90. The van der Waals surface area contributed by atoms with Gasteiger partial charge in [-0.2, -0.15) is 0 Å². The van der Waals surface area contributed by atoms with Crippen molar-refractivity contribution in [2.45, 2.75) is 62.9 Å². The van der Waals surface area contributed by atoms with E-state index in [0.717, 1.165) is 81.7 Å². The van der Waals surface area contributed by atoms with Gasteiger partial charge < -0.3 is 25.6 Å². The van der Waals surface area contributed by atoms with Crippen molar-refractivity contribution >= 4 is 29.0 Å². The van der Waals surface area contributed by atoms with E-state index in [1.165, 1.54) is 32.1 Å². The summed E-state index contributed by atoms with van der Waals surface area (Å²) in [6.45, 7) is 6.69. The minimum Gasteiger partial charge on any atom is -0.379 e. The summed E-state index contributed by atoms with van der Waals surface area (Å²) in [4.78, 5) is 32.0. The number of fused-ring (bicyclic) bond motifs is 4. The van der Waals surface area contributed by atoms with Gasteiger partial charge in [-0.05, 0) is 43.2 Å². The summed E-state index contributed by atoms with van der Waals surface area (Å²) in [6, 6.07) is 4.56. The van der Waals surface area contributed by atoms with E-state index in [4.69, 9.17) is 9.72 Å². The molecule has 7 rings (SSSR count). The largest absolute Gasteiger partial charge is 0.379 e. The van der Waals surface area contributed by atoms with Crippen LogP contribution in [0.25, 0.3) is 0 Å². The molecule has 2 aromatic rings. The Bertz CT molecular complexity index is 1150. The van der Waals surface area contributed by atoms with Crippen molar-refractivity contribution in [2.75, 3.05) is 61.5 Å². The molecule has 5 aliphatic rings. The Morgan fingerprint density at radius 2 is 1.82 bits per heavy atom. The highest BCUT2D eigenvalue weighted by Gasteiger charge is 2.54. The molecule has 202 valence electrons. The molecule has 3 saturated heterocycles. The topological polar surface area (TPSA) is 108 Å². The van der Waals surface area contributed by atoms with Gasteiger partial charge in [0.2, 0.25) is 11.9 Å². The molecular formula is C28H38N8O2. The third kappa shape index (κ3) is 4.37. The van der Waals surface area contributed by atoms with Gasteiger partial charge in [-0.3, -0.25) is 9.69 Å². The number of carbonyl (C=O) groups is 1. The van der Waals surface area contributed by atoms with E-state index in [1.807, 2.05) is 18.5 Å². The Balaban J connectivity index is 1.03. The van der Waals surface area contributed by atoms with Crippen molar-refractivity contribution in [1.82, 2.24) is 25.2 Å². The van der Waals surface area contributed by atoms with E-state index in [1.54, 1.807) is 0 Å². The van der Waals surface area contributed by atoms with E-state index in [-0.39, 0.29) is 23.3 Å². The summed E-state index contributed by atoms with van der Waals surface area (Å²) >= 11 is 0. The van der Waals surface area contributed by atoms with Crippen LogP contribution in [0.3, 0.4) is 0 Å². The number of hydrogen-bond acceptors (Lipinski definition) is 9. The second kappa shape index (κ2) is 9.96. The molecule has 1 amide bonds. The lowest BCUT2D eigenvalue weighted by molar-refractivity contribution is -0.126. The lowest BCUT2D eigenvalue weighted by Crippen LogP contribution is -2.57. The molecule has 0 aromatic carbocycles. The van der Waals surface area contributed by atoms with E-state index < -0.39 is 0 Å². The zero-order valence-electron chi connectivity index (χ0n) is 22.0. The first-order valence-electron chi connectivity index (χ1n) is 14.4. The number of amides is 1. The van der Waals surface area contributed by atoms with Gasteiger partial charge in [0, 0.05) is 44.7 Å². The van der Waals surface area contributed by atoms with Gasteiger partial charge in [-0.25, -0.2) is 15.0 Å². The lowest BCUT2D eigenvalue weighted by atomic mass is 9.61. The maximum atomic E-state index is 12.7. The number of carbonyl (C=O) groups excluding carboxylic acids is 1. The van der Waals surface area contributed by atoms with E-state index in [2.05, 4.69) is 41.8 Å². The van der Waals surface area contributed by atoms with Crippen molar-refractivity contribution in [2.24, 2.45) is 5.41 Å². The fraction of sp³-hybridized carbons (Fsp3) is 0.643. The summed E-state index contributed by atoms with van der Waals surface area (Å²) < 4.78 is 5.52. The number of piperidine rings is 2. The first-order chi connectivity index (χ1) is 18.7. The van der Waals surface area contributed by atoms with Gasteiger partial charge in [-0.15, -0.1) is 0 Å². The number of aromatic nitrogens is 3. The van der Waals surface area contributed by atoms with Crippen LogP contribution in [0.1, 0.15) is 56.6 Å². The first-order valence-corrected chi connectivity index (χ1v) is 14.4. The van der Waals surface area contributed by atoms with Crippen molar-refractivity contribution < 1.29 is 9.53 Å². The average molecular weight is 519 g/mol. The molecule has 2 unspecified atom stereocenters. The van der Waals surface area contributed by atoms with Crippen LogP contribution in [-0.2, 0) is 9.53 Å². The first kappa shape index (κ1) is 24.1. The van der Waals surface area contributed by atoms with Gasteiger partial charge in [0.1, 0.15) is 11.9 Å². The highest BCUT2D eigenvalue weighted by atomic mass is 16.5. The van der Waals surface area contributed by atoms with Crippen LogP contribution in [0.15, 0.2) is 24.5 Å². The fourth-order valence-electron chi connectivity index (χ4n) is 7.49. The van der Waals surface area contributed by atoms with Gasteiger partial charge in [-0.1, -0.05) is 19.3 Å². The average Bonchev–Trinajstić information content (AvgIpc) is 3.38. The molecule has 0 bridgehead atoms. The molecule has 4 aliphatic heterocycles. The van der Waals surface area contributed by atoms with E-state index >= 15 is 0 Å². The third-order valence-corrected chi connectivity index (χ3v) is 9.54. The molecule has 0 radical (unpaired) electrons. The number of anilines is 4. The van der Waals surface area contributed by atoms with Crippen LogP contribution < -0.4 is 20.9 Å². The Labute approximate surface area is 223 Å². The predicted molar refractivity (Wildman–Crippen MR) is 146 cm³/mol. The molecule has 6 heterocycles. The van der Waals surface area contributed by atoms with Crippen molar-refractivity contribution in [3.05, 3.63) is 30.2 Å². The molecule has 1 spiro atoms. The van der Waals surface area contributed by atoms with E-state index in [9.17, 15) is 4.79 Å². The Kier molecular flexibility index (Phi) is 6.31.